The molecule has 2 heterocycles. The highest BCUT2D eigenvalue weighted by atomic mass is 32.2. The average molecular weight is 498 g/mol. The lowest BCUT2D eigenvalue weighted by atomic mass is 10.0. The van der Waals surface area contributed by atoms with Crippen LogP contribution in [0.5, 0.6) is 0 Å². The number of carbonyl (C=O) groups is 2. The lowest BCUT2D eigenvalue weighted by Crippen LogP contribution is -2.40. The normalized spacial score (nSPS) is 13.8. The van der Waals surface area contributed by atoms with Crippen LogP contribution in [0, 0.1) is 0 Å². The molecule has 0 bridgehead atoms. The van der Waals surface area contributed by atoms with E-state index < -0.39 is 15.9 Å². The van der Waals surface area contributed by atoms with Crippen LogP contribution in [0.15, 0.2) is 70.9 Å². The number of thiophene rings is 1. The van der Waals surface area contributed by atoms with Crippen molar-refractivity contribution in [2.45, 2.75) is 31.3 Å². The quantitative estimate of drug-likeness (QED) is 0.518. The highest BCUT2D eigenvalue weighted by Gasteiger charge is 2.32. The van der Waals surface area contributed by atoms with Crippen LogP contribution in [-0.2, 0) is 34.3 Å². The van der Waals surface area contributed by atoms with Crippen molar-refractivity contribution in [2.24, 2.45) is 0 Å². The number of benzene rings is 2. The summed E-state index contributed by atoms with van der Waals surface area (Å²) in [5, 5.41) is 4.21. The van der Waals surface area contributed by atoms with E-state index in [-0.39, 0.29) is 28.8 Å². The maximum absolute atomic E-state index is 13.4. The summed E-state index contributed by atoms with van der Waals surface area (Å²) in [5.74, 6) is -0.789. The third-order valence-corrected chi connectivity index (χ3v) is 8.83. The molecule has 0 aliphatic carbocycles. The number of hydrogen-bond acceptors (Lipinski definition) is 5. The Morgan fingerprint density at radius 2 is 1.74 bits per heavy atom. The van der Waals surface area contributed by atoms with E-state index in [4.69, 9.17) is 0 Å². The number of nitrogens with one attached hydrogen (secondary N) is 1. The Hall–Kier alpha value is -3.01. The zero-order chi connectivity index (χ0) is 24.1. The molecule has 3 aromatic rings. The van der Waals surface area contributed by atoms with Crippen LogP contribution in [0.25, 0.3) is 0 Å². The molecule has 0 saturated carbocycles. The number of amides is 2. The van der Waals surface area contributed by atoms with E-state index in [0.29, 0.717) is 26.1 Å². The van der Waals surface area contributed by atoms with E-state index >= 15 is 0 Å². The van der Waals surface area contributed by atoms with Crippen LogP contribution in [0.2, 0.25) is 0 Å². The number of carbonyl (C=O) groups excluding carboxylic acids is 2. The maximum atomic E-state index is 13.4. The Balaban J connectivity index is 1.42. The lowest BCUT2D eigenvalue weighted by molar-refractivity contribution is -0.130. The fourth-order valence-corrected chi connectivity index (χ4v) is 6.74. The summed E-state index contributed by atoms with van der Waals surface area (Å²) in [4.78, 5) is 27.3. The first-order valence-corrected chi connectivity index (χ1v) is 13.5. The van der Waals surface area contributed by atoms with Crippen molar-refractivity contribution < 1.29 is 18.0 Å². The van der Waals surface area contributed by atoms with E-state index in [1.807, 2.05) is 61.5 Å². The fraction of sp³-hybridized carbons (Fsp3) is 0.280. The minimum atomic E-state index is -3.85. The third-order valence-electron chi connectivity index (χ3n) is 5.90. The highest BCUT2D eigenvalue weighted by molar-refractivity contribution is 7.89. The molecule has 1 N–H and O–H groups in total. The number of likely N-dealkylation sites (N-methyl/N-ethyl adjacent to an activating group) is 1. The highest BCUT2D eigenvalue weighted by Crippen LogP contribution is 2.29. The minimum absolute atomic E-state index is 0.0153. The molecular formula is C25H27N3O4S2. The molecule has 178 valence electrons. The molecule has 1 aliphatic rings. The van der Waals surface area contributed by atoms with Crippen LogP contribution in [-0.4, -0.2) is 49.1 Å². The number of nitrogens with zero attached hydrogens (tertiary/aromatic N) is 2. The zero-order valence-corrected chi connectivity index (χ0v) is 20.6. The van der Waals surface area contributed by atoms with E-state index in [9.17, 15) is 18.0 Å². The molecule has 2 amide bonds. The van der Waals surface area contributed by atoms with Crippen molar-refractivity contribution in [1.29, 1.82) is 0 Å². The van der Waals surface area contributed by atoms with Crippen LogP contribution in [0.1, 0.15) is 33.3 Å². The molecule has 2 aromatic carbocycles. The van der Waals surface area contributed by atoms with Gasteiger partial charge < -0.3 is 10.2 Å². The minimum Gasteiger partial charge on any atom is -0.342 e. The van der Waals surface area contributed by atoms with Gasteiger partial charge in [0.1, 0.15) is 9.77 Å². The standard InChI is InChI=1S/C25H27N3O4S2/c1-2-27(17-19-8-4-3-5-9-19)23(29)16-26-25(30)24-22(13-15-33-24)34(31,32)28-14-12-20-10-6-7-11-21(20)18-28/h3-11,13,15H,2,12,14,16-18H2,1H3,(H,26,30). The van der Waals surface area contributed by atoms with Gasteiger partial charge in [-0.1, -0.05) is 54.6 Å². The van der Waals surface area contributed by atoms with Crippen molar-refractivity contribution in [3.05, 3.63) is 87.6 Å². The van der Waals surface area contributed by atoms with Gasteiger partial charge in [-0.3, -0.25) is 9.59 Å². The Labute approximate surface area is 204 Å². The Kier molecular flexibility index (Phi) is 7.45. The molecule has 9 heteroatoms. The van der Waals surface area contributed by atoms with Gasteiger partial charge in [-0.2, -0.15) is 4.31 Å². The van der Waals surface area contributed by atoms with Crippen molar-refractivity contribution in [3.63, 3.8) is 0 Å². The van der Waals surface area contributed by atoms with Crippen molar-refractivity contribution in [3.8, 4) is 0 Å². The fourth-order valence-electron chi connectivity index (χ4n) is 4.01. The van der Waals surface area contributed by atoms with Crippen LogP contribution in [0.3, 0.4) is 0 Å². The van der Waals surface area contributed by atoms with Crippen molar-refractivity contribution in [2.75, 3.05) is 19.6 Å². The summed E-state index contributed by atoms with van der Waals surface area (Å²) < 4.78 is 28.1. The second kappa shape index (κ2) is 10.5. The van der Waals surface area contributed by atoms with Gasteiger partial charge in [0, 0.05) is 26.2 Å². The SMILES string of the molecule is CCN(Cc1ccccc1)C(=O)CNC(=O)c1sccc1S(=O)(=O)N1CCc2ccccc2C1. The van der Waals surface area contributed by atoms with Crippen LogP contribution < -0.4 is 5.32 Å². The summed E-state index contributed by atoms with van der Waals surface area (Å²) in [6.07, 6.45) is 0.629. The summed E-state index contributed by atoms with van der Waals surface area (Å²) in [6, 6.07) is 18.9. The molecule has 0 radical (unpaired) electrons. The van der Waals surface area contributed by atoms with Crippen LogP contribution >= 0.6 is 11.3 Å². The monoisotopic (exact) mass is 497 g/mol. The smallest absolute Gasteiger partial charge is 0.263 e. The van der Waals surface area contributed by atoms with Gasteiger partial charge >= 0.3 is 0 Å². The average Bonchev–Trinajstić information content (AvgIpc) is 3.37. The second-order valence-corrected chi connectivity index (χ2v) is 10.9. The largest absolute Gasteiger partial charge is 0.342 e. The summed E-state index contributed by atoms with van der Waals surface area (Å²) >= 11 is 1.06. The Bertz CT molecular complexity index is 1270. The predicted octanol–water partition coefficient (Wildman–Crippen LogP) is 3.27. The van der Waals surface area contributed by atoms with Crippen LogP contribution in [0.4, 0.5) is 0 Å². The van der Waals surface area contributed by atoms with Gasteiger partial charge in [-0.15, -0.1) is 11.3 Å². The molecule has 0 fully saturated rings. The predicted molar refractivity (Wildman–Crippen MR) is 132 cm³/mol. The molecule has 1 aromatic heterocycles. The van der Waals surface area contributed by atoms with Gasteiger partial charge in [0.2, 0.25) is 15.9 Å². The first-order chi connectivity index (χ1) is 16.4. The van der Waals surface area contributed by atoms with E-state index in [1.165, 1.54) is 10.4 Å². The Morgan fingerprint density at radius 1 is 1.03 bits per heavy atom. The molecular weight excluding hydrogens is 470 g/mol. The number of rotatable bonds is 8. The molecule has 4 rings (SSSR count). The zero-order valence-electron chi connectivity index (χ0n) is 18.9. The van der Waals surface area contributed by atoms with Crippen molar-refractivity contribution in [1.82, 2.24) is 14.5 Å². The summed E-state index contributed by atoms with van der Waals surface area (Å²) in [6.45, 7) is 3.26. The van der Waals surface area contributed by atoms with Crippen molar-refractivity contribution >= 4 is 33.2 Å². The number of sulfonamides is 1. The third kappa shape index (κ3) is 5.22. The van der Waals surface area contributed by atoms with E-state index in [0.717, 1.165) is 28.0 Å². The first-order valence-electron chi connectivity index (χ1n) is 11.1. The summed E-state index contributed by atoms with van der Waals surface area (Å²) in [7, 11) is -3.85. The molecule has 0 unspecified atom stereocenters. The van der Waals surface area contributed by atoms with E-state index in [1.54, 1.807) is 10.3 Å². The maximum Gasteiger partial charge on any atom is 0.263 e. The second-order valence-electron chi connectivity index (χ2n) is 8.05. The van der Waals surface area contributed by atoms with Gasteiger partial charge in [-0.25, -0.2) is 8.42 Å². The number of hydrogen-bond donors (Lipinski definition) is 1. The van der Waals surface area contributed by atoms with Gasteiger partial charge in [0.05, 0.1) is 6.54 Å². The molecule has 0 spiro atoms. The molecule has 7 nitrogen and oxygen atoms in total. The first kappa shape index (κ1) is 24.1. The topological polar surface area (TPSA) is 86.8 Å². The van der Waals surface area contributed by atoms with Gasteiger partial charge in [0.15, 0.2) is 0 Å². The van der Waals surface area contributed by atoms with Gasteiger partial charge in [0.25, 0.3) is 5.91 Å². The van der Waals surface area contributed by atoms with Gasteiger partial charge in [-0.05, 0) is 41.5 Å². The summed E-state index contributed by atoms with van der Waals surface area (Å²) in [5.41, 5.74) is 3.12. The molecule has 1 aliphatic heterocycles. The van der Waals surface area contributed by atoms with E-state index in [2.05, 4.69) is 5.32 Å². The molecule has 0 saturated heterocycles. The Morgan fingerprint density at radius 3 is 2.47 bits per heavy atom. The molecule has 0 atom stereocenters. The lowest BCUT2D eigenvalue weighted by Gasteiger charge is -2.28. The number of fused-ring (bicyclic) bond motifs is 1. The molecule has 34 heavy (non-hydrogen) atoms.